The van der Waals surface area contributed by atoms with Crippen molar-refractivity contribution in [3.05, 3.63) is 97.9 Å². The number of nitrogens with one attached hydrogen (secondary N) is 2. The maximum atomic E-state index is 14.4. The van der Waals surface area contributed by atoms with Crippen LogP contribution in [0.3, 0.4) is 0 Å². The number of benzene rings is 3. The van der Waals surface area contributed by atoms with E-state index in [-0.39, 0.29) is 34.1 Å². The van der Waals surface area contributed by atoms with Crippen LogP contribution in [0, 0.1) is 16.3 Å². The summed E-state index contributed by atoms with van der Waals surface area (Å²) in [7, 11) is 0. The van der Waals surface area contributed by atoms with Gasteiger partial charge in [0.2, 0.25) is 0 Å². The molecule has 0 bridgehead atoms. The lowest BCUT2D eigenvalue weighted by Gasteiger charge is -2.30. The topological polar surface area (TPSA) is 79.8 Å². The van der Waals surface area contributed by atoms with Crippen molar-refractivity contribution in [1.29, 1.82) is 0 Å². The molecule has 204 valence electrons. The second kappa shape index (κ2) is 10.9. The predicted molar refractivity (Wildman–Crippen MR) is 147 cm³/mol. The fourth-order valence-corrected chi connectivity index (χ4v) is 4.97. The van der Waals surface area contributed by atoms with Gasteiger partial charge in [-0.25, -0.2) is 4.39 Å². The number of aryl methyl sites for hydroxylation is 1. The average Bonchev–Trinajstić information content (AvgIpc) is 3.32. The van der Waals surface area contributed by atoms with Crippen LogP contribution in [-0.2, 0) is 10.4 Å². The first-order valence-corrected chi connectivity index (χ1v) is 13.0. The standard InChI is InChI=1S/C28H24F4IN3O3/c1-15(2)34-26(38)24-20(5-4-6-21(24)33)25(37)35-22-12-9-18(13-16(22)3)27(28(30,31)32)14-23(36-39-27)17-7-10-19(29)11-8-17/h4-13,15H,14H2,1-3H3,(H,34,38)(H,35,37). The minimum Gasteiger partial charge on any atom is -0.374 e. The Morgan fingerprint density at radius 2 is 1.74 bits per heavy atom. The number of halogens is 5. The molecule has 39 heavy (non-hydrogen) atoms. The zero-order chi connectivity index (χ0) is 28.5. The van der Waals surface area contributed by atoms with Crippen LogP contribution in [0.25, 0.3) is 0 Å². The molecule has 0 fully saturated rings. The van der Waals surface area contributed by atoms with E-state index in [9.17, 15) is 27.2 Å². The van der Waals surface area contributed by atoms with Crippen LogP contribution in [0.1, 0.15) is 57.7 Å². The fourth-order valence-electron chi connectivity index (χ4n) is 4.22. The number of alkyl halides is 3. The highest BCUT2D eigenvalue weighted by molar-refractivity contribution is 14.1. The van der Waals surface area contributed by atoms with Crippen molar-refractivity contribution in [2.45, 2.75) is 45.0 Å². The fraction of sp³-hybridized carbons (Fsp3) is 0.250. The summed E-state index contributed by atoms with van der Waals surface area (Å²) in [6.07, 6.45) is -5.43. The molecule has 1 aliphatic rings. The van der Waals surface area contributed by atoms with Crippen LogP contribution < -0.4 is 10.6 Å². The third kappa shape index (κ3) is 5.77. The molecule has 2 amide bonds. The predicted octanol–water partition coefficient (Wildman–Crippen LogP) is 6.71. The molecule has 11 heteroatoms. The largest absolute Gasteiger partial charge is 0.435 e. The molecule has 3 aromatic carbocycles. The Hall–Kier alpha value is -3.48. The lowest BCUT2D eigenvalue weighted by atomic mass is 9.85. The second-order valence-electron chi connectivity index (χ2n) is 9.41. The van der Waals surface area contributed by atoms with Crippen molar-refractivity contribution < 1.29 is 32.0 Å². The van der Waals surface area contributed by atoms with Crippen molar-refractivity contribution in [3.63, 3.8) is 0 Å². The highest BCUT2D eigenvalue weighted by atomic mass is 127. The highest BCUT2D eigenvalue weighted by Crippen LogP contribution is 2.49. The van der Waals surface area contributed by atoms with Crippen molar-refractivity contribution >= 4 is 45.8 Å². The zero-order valence-corrected chi connectivity index (χ0v) is 23.3. The molecule has 1 heterocycles. The van der Waals surface area contributed by atoms with Crippen molar-refractivity contribution in [2.75, 3.05) is 5.32 Å². The number of rotatable bonds is 6. The molecule has 2 N–H and O–H groups in total. The Balaban J connectivity index is 1.62. The Morgan fingerprint density at radius 3 is 2.36 bits per heavy atom. The minimum atomic E-state index is -4.82. The van der Waals surface area contributed by atoms with E-state index in [1.54, 1.807) is 32.9 Å². The molecule has 4 rings (SSSR count). The summed E-state index contributed by atoms with van der Waals surface area (Å²) in [6.45, 7) is 5.16. The molecule has 1 unspecified atom stereocenters. The van der Waals surface area contributed by atoms with Crippen LogP contribution in [0.4, 0.5) is 23.2 Å². The number of nitrogens with zero attached hydrogens (tertiary/aromatic N) is 1. The molecular formula is C28H24F4IN3O3. The Bertz CT molecular complexity index is 1460. The molecule has 0 spiro atoms. The minimum absolute atomic E-state index is 0.0354. The average molecular weight is 653 g/mol. The van der Waals surface area contributed by atoms with E-state index >= 15 is 0 Å². The monoisotopic (exact) mass is 653 g/mol. The second-order valence-corrected chi connectivity index (χ2v) is 10.6. The van der Waals surface area contributed by atoms with E-state index in [4.69, 9.17) is 4.84 Å². The van der Waals surface area contributed by atoms with Crippen LogP contribution in [-0.4, -0.2) is 29.7 Å². The Kier molecular flexibility index (Phi) is 8.01. The van der Waals surface area contributed by atoms with Gasteiger partial charge in [0.25, 0.3) is 17.4 Å². The van der Waals surface area contributed by atoms with Gasteiger partial charge in [-0.15, -0.1) is 0 Å². The first-order chi connectivity index (χ1) is 18.3. The molecule has 3 aromatic rings. The summed E-state index contributed by atoms with van der Waals surface area (Å²) in [6, 6.07) is 13.5. The van der Waals surface area contributed by atoms with Crippen molar-refractivity contribution in [2.24, 2.45) is 5.16 Å². The lowest BCUT2D eigenvalue weighted by Crippen LogP contribution is -2.42. The van der Waals surface area contributed by atoms with Gasteiger partial charge in [-0.3, -0.25) is 9.59 Å². The molecule has 1 aliphatic heterocycles. The Labute approximate surface area is 235 Å². The first-order valence-electron chi connectivity index (χ1n) is 11.9. The van der Waals surface area contributed by atoms with Crippen molar-refractivity contribution in [3.8, 4) is 0 Å². The third-order valence-corrected chi connectivity index (χ3v) is 7.11. The summed E-state index contributed by atoms with van der Waals surface area (Å²) in [5.74, 6) is -1.51. The molecule has 0 saturated carbocycles. The zero-order valence-electron chi connectivity index (χ0n) is 21.1. The van der Waals surface area contributed by atoms with Gasteiger partial charge >= 0.3 is 6.18 Å². The highest BCUT2D eigenvalue weighted by Gasteiger charge is 2.62. The maximum Gasteiger partial charge on any atom is 0.435 e. The van der Waals surface area contributed by atoms with Crippen molar-refractivity contribution in [1.82, 2.24) is 5.32 Å². The SMILES string of the molecule is Cc1cc(C2(C(F)(F)F)CC(c3ccc(F)cc3)=NO2)ccc1NC(=O)c1cccc(I)c1C(=O)NC(C)C. The van der Waals surface area contributed by atoms with Crippen LogP contribution in [0.2, 0.25) is 0 Å². The smallest absolute Gasteiger partial charge is 0.374 e. The summed E-state index contributed by atoms with van der Waals surface area (Å²) in [4.78, 5) is 31.0. The number of oxime groups is 1. The van der Waals surface area contributed by atoms with E-state index in [0.717, 1.165) is 12.1 Å². The van der Waals surface area contributed by atoms with Gasteiger partial charge in [0, 0.05) is 27.3 Å². The number of carbonyl (C=O) groups is 2. The molecule has 0 aromatic heterocycles. The van der Waals surface area contributed by atoms with E-state index in [0.29, 0.717) is 14.7 Å². The molecule has 1 atom stereocenters. The number of anilines is 1. The number of hydrogen-bond acceptors (Lipinski definition) is 4. The van der Waals surface area contributed by atoms with Crippen LogP contribution in [0.5, 0.6) is 0 Å². The summed E-state index contributed by atoms with van der Waals surface area (Å²) >= 11 is 1.97. The third-order valence-electron chi connectivity index (χ3n) is 6.21. The molecule has 0 saturated heterocycles. The summed E-state index contributed by atoms with van der Waals surface area (Å²) < 4.78 is 57.1. The summed E-state index contributed by atoms with van der Waals surface area (Å²) in [5.41, 5.74) is -1.63. The van der Waals surface area contributed by atoms with E-state index in [1.165, 1.54) is 36.4 Å². The van der Waals surface area contributed by atoms with Crippen LogP contribution in [0.15, 0.2) is 65.8 Å². The molecule has 6 nitrogen and oxygen atoms in total. The first kappa shape index (κ1) is 28.5. The van der Waals surface area contributed by atoms with Gasteiger partial charge in [0.05, 0.1) is 16.8 Å². The van der Waals surface area contributed by atoms with E-state index in [2.05, 4.69) is 15.8 Å². The lowest BCUT2D eigenvalue weighted by molar-refractivity contribution is -0.275. The number of hydrogen-bond donors (Lipinski definition) is 2. The van der Waals surface area contributed by atoms with Crippen LogP contribution >= 0.6 is 22.6 Å². The maximum absolute atomic E-state index is 14.4. The molecule has 0 radical (unpaired) electrons. The quantitative estimate of drug-likeness (QED) is 0.229. The van der Waals surface area contributed by atoms with Gasteiger partial charge in [-0.05, 0) is 90.9 Å². The Morgan fingerprint density at radius 1 is 1.05 bits per heavy atom. The number of amides is 2. The van der Waals surface area contributed by atoms with Gasteiger partial charge in [-0.1, -0.05) is 29.4 Å². The summed E-state index contributed by atoms with van der Waals surface area (Å²) in [5, 5.41) is 9.17. The van der Waals surface area contributed by atoms with E-state index < -0.39 is 35.8 Å². The van der Waals surface area contributed by atoms with E-state index in [1.807, 2.05) is 22.6 Å². The molecule has 0 aliphatic carbocycles. The number of carbonyl (C=O) groups excluding carboxylic acids is 2. The molecular weight excluding hydrogens is 629 g/mol. The van der Waals surface area contributed by atoms with Gasteiger partial charge in [-0.2, -0.15) is 13.2 Å². The van der Waals surface area contributed by atoms with Gasteiger partial charge in [0.15, 0.2) is 0 Å². The van der Waals surface area contributed by atoms with Gasteiger partial charge in [0.1, 0.15) is 5.82 Å². The normalized spacial score (nSPS) is 17.0. The van der Waals surface area contributed by atoms with Gasteiger partial charge < -0.3 is 15.5 Å².